The van der Waals surface area contributed by atoms with Crippen LogP contribution in [0, 0.1) is 12.8 Å². The second-order valence-corrected chi connectivity index (χ2v) is 5.45. The fraction of sp³-hybridized carbons (Fsp3) is 0.588. The van der Waals surface area contributed by atoms with Crippen molar-refractivity contribution in [2.75, 3.05) is 20.3 Å². The topological polar surface area (TPSA) is 58.6 Å². The van der Waals surface area contributed by atoms with Crippen LogP contribution in [0.4, 0.5) is 0 Å². The molecule has 2 N–H and O–H groups in total. The van der Waals surface area contributed by atoms with Crippen LogP contribution in [0.3, 0.4) is 0 Å². The van der Waals surface area contributed by atoms with Crippen LogP contribution in [0.25, 0.3) is 0 Å². The molecule has 118 valence electrons. The van der Waals surface area contributed by atoms with Gasteiger partial charge in [0.05, 0.1) is 13.5 Å². The molecule has 1 unspecified atom stereocenters. The highest BCUT2D eigenvalue weighted by molar-refractivity contribution is 5.78. The van der Waals surface area contributed by atoms with Crippen LogP contribution in [0.15, 0.2) is 18.2 Å². The molecule has 1 atom stereocenters. The molecule has 0 fully saturated rings. The molecular weight excluding hydrogens is 266 g/mol. The van der Waals surface area contributed by atoms with Crippen LogP contribution in [-0.4, -0.2) is 31.3 Å². The molecule has 1 aromatic rings. The summed E-state index contributed by atoms with van der Waals surface area (Å²) in [6, 6.07) is 5.83. The van der Waals surface area contributed by atoms with Gasteiger partial charge in [-0.25, -0.2) is 0 Å². The zero-order valence-corrected chi connectivity index (χ0v) is 13.3. The zero-order valence-electron chi connectivity index (χ0n) is 13.3. The molecule has 4 nitrogen and oxygen atoms in total. The minimum Gasteiger partial charge on any atom is -0.496 e. The smallest absolute Gasteiger partial charge is 0.224 e. The molecule has 0 aliphatic heterocycles. The number of nitrogens with one attached hydrogen (secondary N) is 1. The van der Waals surface area contributed by atoms with Gasteiger partial charge in [-0.05, 0) is 42.9 Å². The van der Waals surface area contributed by atoms with Gasteiger partial charge in [-0.1, -0.05) is 25.5 Å². The summed E-state index contributed by atoms with van der Waals surface area (Å²) in [5.41, 5.74) is 2.01. The Hall–Kier alpha value is -1.55. The standard InChI is InChI=1S/C17H27NO3/c1-4-5-14(8-9-19)12-18-17(20)11-15-7-6-13(2)16(10-15)21-3/h6-7,10,14,19H,4-5,8-9,11-12H2,1-3H3,(H,18,20). The lowest BCUT2D eigenvalue weighted by Gasteiger charge is -2.15. The van der Waals surface area contributed by atoms with E-state index < -0.39 is 0 Å². The second-order valence-electron chi connectivity index (χ2n) is 5.45. The van der Waals surface area contributed by atoms with Crippen LogP contribution in [0.5, 0.6) is 5.75 Å². The largest absolute Gasteiger partial charge is 0.496 e. The van der Waals surface area contributed by atoms with E-state index in [-0.39, 0.29) is 12.5 Å². The van der Waals surface area contributed by atoms with Gasteiger partial charge in [0, 0.05) is 13.2 Å². The molecule has 1 rings (SSSR count). The zero-order chi connectivity index (χ0) is 15.7. The SMILES string of the molecule is CCCC(CCO)CNC(=O)Cc1ccc(C)c(OC)c1. The van der Waals surface area contributed by atoms with Gasteiger partial charge in [0.1, 0.15) is 5.75 Å². The Balaban J connectivity index is 2.49. The van der Waals surface area contributed by atoms with Crippen molar-refractivity contribution < 1.29 is 14.6 Å². The highest BCUT2D eigenvalue weighted by Gasteiger charge is 2.10. The summed E-state index contributed by atoms with van der Waals surface area (Å²) in [4.78, 5) is 12.0. The number of hydrogen-bond acceptors (Lipinski definition) is 3. The maximum atomic E-state index is 12.0. The number of ether oxygens (including phenoxy) is 1. The minimum atomic E-state index is 0.0138. The lowest BCUT2D eigenvalue weighted by atomic mass is 10.00. The molecule has 0 heterocycles. The first kappa shape index (κ1) is 17.5. The van der Waals surface area contributed by atoms with Gasteiger partial charge in [0.15, 0.2) is 0 Å². The van der Waals surface area contributed by atoms with Crippen molar-refractivity contribution in [3.05, 3.63) is 29.3 Å². The summed E-state index contributed by atoms with van der Waals surface area (Å²) >= 11 is 0. The first-order valence-corrected chi connectivity index (χ1v) is 7.61. The highest BCUT2D eigenvalue weighted by Crippen LogP contribution is 2.19. The summed E-state index contributed by atoms with van der Waals surface area (Å²) in [5, 5.41) is 12.0. The van der Waals surface area contributed by atoms with Gasteiger partial charge < -0.3 is 15.2 Å². The molecule has 0 aliphatic rings. The van der Waals surface area contributed by atoms with Crippen LogP contribution in [0.2, 0.25) is 0 Å². The van der Waals surface area contributed by atoms with Gasteiger partial charge >= 0.3 is 0 Å². The van der Waals surface area contributed by atoms with Crippen molar-refractivity contribution >= 4 is 5.91 Å². The van der Waals surface area contributed by atoms with Crippen molar-refractivity contribution in [3.63, 3.8) is 0 Å². The Kier molecular flexibility index (Phi) is 7.83. The van der Waals surface area contributed by atoms with Gasteiger partial charge in [-0.2, -0.15) is 0 Å². The highest BCUT2D eigenvalue weighted by atomic mass is 16.5. The Morgan fingerprint density at radius 3 is 2.76 bits per heavy atom. The molecule has 0 saturated heterocycles. The van der Waals surface area contributed by atoms with E-state index in [4.69, 9.17) is 9.84 Å². The molecule has 0 spiro atoms. The van der Waals surface area contributed by atoms with Crippen LogP contribution in [0.1, 0.15) is 37.3 Å². The van der Waals surface area contributed by atoms with E-state index in [1.165, 1.54) is 0 Å². The summed E-state index contributed by atoms with van der Waals surface area (Å²) in [5.74, 6) is 1.18. The Morgan fingerprint density at radius 1 is 1.38 bits per heavy atom. The first-order valence-electron chi connectivity index (χ1n) is 7.61. The average Bonchev–Trinajstić information content (AvgIpc) is 2.47. The molecular formula is C17H27NO3. The van der Waals surface area contributed by atoms with E-state index in [1.807, 2.05) is 25.1 Å². The minimum absolute atomic E-state index is 0.0138. The third-order valence-electron chi connectivity index (χ3n) is 3.66. The number of benzene rings is 1. The Labute approximate surface area is 127 Å². The number of hydrogen-bond donors (Lipinski definition) is 2. The molecule has 0 saturated carbocycles. The van der Waals surface area contributed by atoms with Crippen LogP contribution >= 0.6 is 0 Å². The number of carbonyl (C=O) groups excluding carboxylic acids is 1. The maximum absolute atomic E-state index is 12.0. The molecule has 0 aromatic heterocycles. The van der Waals surface area contributed by atoms with E-state index >= 15 is 0 Å². The number of aliphatic hydroxyl groups excluding tert-OH is 1. The number of carbonyl (C=O) groups is 1. The predicted octanol–water partition coefficient (Wildman–Crippen LogP) is 2.46. The van der Waals surface area contributed by atoms with Gasteiger partial charge in [-0.3, -0.25) is 4.79 Å². The molecule has 0 radical (unpaired) electrons. The number of methoxy groups -OCH3 is 1. The number of rotatable bonds is 9. The van der Waals surface area contributed by atoms with Crippen molar-refractivity contribution in [2.45, 2.75) is 39.5 Å². The molecule has 21 heavy (non-hydrogen) atoms. The number of aliphatic hydroxyl groups is 1. The third kappa shape index (κ3) is 6.17. The Morgan fingerprint density at radius 2 is 2.14 bits per heavy atom. The lowest BCUT2D eigenvalue weighted by molar-refractivity contribution is -0.120. The quantitative estimate of drug-likeness (QED) is 0.735. The number of amides is 1. The summed E-state index contributed by atoms with van der Waals surface area (Å²) in [6.07, 6.45) is 3.19. The van der Waals surface area contributed by atoms with E-state index in [9.17, 15) is 4.79 Å². The van der Waals surface area contributed by atoms with Gasteiger partial charge in [0.2, 0.25) is 5.91 Å². The van der Waals surface area contributed by atoms with E-state index in [2.05, 4.69) is 12.2 Å². The average molecular weight is 293 g/mol. The number of aryl methyl sites for hydroxylation is 1. The van der Waals surface area contributed by atoms with Crippen molar-refractivity contribution in [1.29, 1.82) is 0 Å². The summed E-state index contributed by atoms with van der Waals surface area (Å²) in [6.45, 7) is 4.91. The first-order chi connectivity index (χ1) is 10.1. The fourth-order valence-electron chi connectivity index (χ4n) is 2.42. The molecule has 0 bridgehead atoms. The van der Waals surface area contributed by atoms with E-state index in [1.54, 1.807) is 7.11 Å². The van der Waals surface area contributed by atoms with Gasteiger partial charge in [0.25, 0.3) is 0 Å². The summed E-state index contributed by atoms with van der Waals surface area (Å²) in [7, 11) is 1.64. The molecule has 0 aliphatic carbocycles. The fourth-order valence-corrected chi connectivity index (χ4v) is 2.42. The monoisotopic (exact) mass is 293 g/mol. The second kappa shape index (κ2) is 9.40. The maximum Gasteiger partial charge on any atom is 0.224 e. The normalized spacial score (nSPS) is 12.0. The van der Waals surface area contributed by atoms with Gasteiger partial charge in [-0.15, -0.1) is 0 Å². The van der Waals surface area contributed by atoms with Crippen LogP contribution in [-0.2, 0) is 11.2 Å². The van der Waals surface area contributed by atoms with Crippen molar-refractivity contribution in [3.8, 4) is 5.75 Å². The van der Waals surface area contributed by atoms with E-state index in [0.29, 0.717) is 18.9 Å². The molecule has 4 heteroatoms. The third-order valence-corrected chi connectivity index (χ3v) is 3.66. The van der Waals surface area contributed by atoms with E-state index in [0.717, 1.165) is 36.1 Å². The Bertz CT molecular complexity index is 440. The lowest BCUT2D eigenvalue weighted by Crippen LogP contribution is -2.31. The van der Waals surface area contributed by atoms with Crippen LogP contribution < -0.4 is 10.1 Å². The molecule has 1 aromatic carbocycles. The van der Waals surface area contributed by atoms with Crippen molar-refractivity contribution in [2.24, 2.45) is 5.92 Å². The molecule has 1 amide bonds. The van der Waals surface area contributed by atoms with Crippen molar-refractivity contribution in [1.82, 2.24) is 5.32 Å². The predicted molar refractivity (Wildman–Crippen MR) is 84.5 cm³/mol. The summed E-state index contributed by atoms with van der Waals surface area (Å²) < 4.78 is 5.27.